The van der Waals surface area contributed by atoms with Crippen LogP contribution in [0.15, 0.2) is 29.4 Å². The largest absolute Gasteiger partial charge is 0.310 e. The van der Waals surface area contributed by atoms with Gasteiger partial charge in [-0.15, -0.1) is 0 Å². The molecule has 0 saturated heterocycles. The Hall–Kier alpha value is -2.39. The number of nitriles is 1. The van der Waals surface area contributed by atoms with Gasteiger partial charge in [-0.2, -0.15) is 5.26 Å². The minimum atomic E-state index is -0.370. The average molecular weight is 338 g/mol. The SMILES string of the molecule is Cc1cccnc1NC(=O)C(C)Sc1nc2c(cc1C#N)CCC2. The quantitative estimate of drug-likeness (QED) is 0.866. The summed E-state index contributed by atoms with van der Waals surface area (Å²) in [6, 6.07) is 7.85. The van der Waals surface area contributed by atoms with Crippen molar-refractivity contribution in [2.75, 3.05) is 5.32 Å². The molecule has 6 heteroatoms. The lowest BCUT2D eigenvalue weighted by molar-refractivity contribution is -0.115. The highest BCUT2D eigenvalue weighted by Crippen LogP contribution is 2.30. The minimum absolute atomic E-state index is 0.145. The van der Waals surface area contributed by atoms with Crippen molar-refractivity contribution in [2.24, 2.45) is 0 Å². The third kappa shape index (κ3) is 3.41. The minimum Gasteiger partial charge on any atom is -0.310 e. The van der Waals surface area contributed by atoms with E-state index in [1.54, 1.807) is 6.20 Å². The molecule has 0 aromatic carbocycles. The third-order valence-electron chi connectivity index (χ3n) is 4.04. The predicted octanol–water partition coefficient (Wildman–Crippen LogP) is 3.26. The zero-order chi connectivity index (χ0) is 17.1. The number of rotatable bonds is 4. The van der Waals surface area contributed by atoms with Crippen molar-refractivity contribution in [3.05, 3.63) is 46.8 Å². The number of pyridine rings is 2. The highest BCUT2D eigenvalue weighted by Gasteiger charge is 2.21. The van der Waals surface area contributed by atoms with Gasteiger partial charge >= 0.3 is 0 Å². The van der Waals surface area contributed by atoms with Crippen LogP contribution in [-0.4, -0.2) is 21.1 Å². The van der Waals surface area contributed by atoms with Crippen LogP contribution in [0.25, 0.3) is 0 Å². The predicted molar refractivity (Wildman–Crippen MR) is 93.9 cm³/mol. The lowest BCUT2D eigenvalue weighted by Crippen LogP contribution is -2.23. The molecule has 3 rings (SSSR count). The van der Waals surface area contributed by atoms with Gasteiger partial charge in [0.15, 0.2) is 0 Å². The van der Waals surface area contributed by atoms with Gasteiger partial charge in [-0.1, -0.05) is 17.8 Å². The molecule has 5 nitrogen and oxygen atoms in total. The van der Waals surface area contributed by atoms with Crippen LogP contribution in [0.5, 0.6) is 0 Å². The Labute approximate surface area is 145 Å². The number of hydrogen-bond acceptors (Lipinski definition) is 5. The lowest BCUT2D eigenvalue weighted by Gasteiger charge is -2.13. The van der Waals surface area contributed by atoms with Gasteiger partial charge in [0.05, 0.1) is 10.8 Å². The van der Waals surface area contributed by atoms with Gasteiger partial charge in [0.2, 0.25) is 5.91 Å². The maximum atomic E-state index is 12.4. The van der Waals surface area contributed by atoms with Gasteiger partial charge < -0.3 is 5.32 Å². The molecule has 0 fully saturated rings. The Morgan fingerprint density at radius 3 is 3.04 bits per heavy atom. The molecule has 1 aliphatic carbocycles. The van der Waals surface area contributed by atoms with Gasteiger partial charge in [0.1, 0.15) is 16.9 Å². The van der Waals surface area contributed by atoms with E-state index < -0.39 is 0 Å². The first-order valence-electron chi connectivity index (χ1n) is 7.90. The Kier molecular flexibility index (Phi) is 4.81. The number of amides is 1. The molecule has 1 atom stereocenters. The number of aryl methyl sites for hydroxylation is 3. The van der Waals surface area contributed by atoms with Crippen molar-refractivity contribution in [1.29, 1.82) is 5.26 Å². The summed E-state index contributed by atoms with van der Waals surface area (Å²) in [5.41, 5.74) is 3.69. The van der Waals surface area contributed by atoms with Crippen molar-refractivity contribution in [3.8, 4) is 6.07 Å². The van der Waals surface area contributed by atoms with E-state index in [0.29, 0.717) is 16.4 Å². The summed E-state index contributed by atoms with van der Waals surface area (Å²) in [6.07, 6.45) is 4.66. The summed E-state index contributed by atoms with van der Waals surface area (Å²) in [7, 11) is 0. The van der Waals surface area contributed by atoms with Crippen LogP contribution in [0.3, 0.4) is 0 Å². The van der Waals surface area contributed by atoms with Crippen molar-refractivity contribution >= 4 is 23.5 Å². The number of hydrogen-bond donors (Lipinski definition) is 1. The van der Waals surface area contributed by atoms with E-state index >= 15 is 0 Å². The fourth-order valence-electron chi connectivity index (χ4n) is 2.68. The first-order valence-corrected chi connectivity index (χ1v) is 8.78. The van der Waals surface area contributed by atoms with E-state index in [1.165, 1.54) is 11.8 Å². The number of carbonyl (C=O) groups is 1. The van der Waals surface area contributed by atoms with Crippen LogP contribution in [0.4, 0.5) is 5.82 Å². The van der Waals surface area contributed by atoms with Gasteiger partial charge in [0, 0.05) is 11.9 Å². The molecule has 0 radical (unpaired) electrons. The molecule has 122 valence electrons. The van der Waals surface area contributed by atoms with E-state index in [4.69, 9.17) is 0 Å². The second kappa shape index (κ2) is 7.02. The molecule has 1 amide bonds. The molecule has 0 saturated carbocycles. The lowest BCUT2D eigenvalue weighted by atomic mass is 10.2. The average Bonchev–Trinajstić information content (AvgIpc) is 3.03. The van der Waals surface area contributed by atoms with E-state index in [2.05, 4.69) is 21.4 Å². The number of fused-ring (bicyclic) bond motifs is 1. The number of anilines is 1. The first kappa shape index (κ1) is 16.5. The Morgan fingerprint density at radius 1 is 1.46 bits per heavy atom. The first-order chi connectivity index (χ1) is 11.6. The van der Waals surface area contributed by atoms with Crippen LogP contribution in [0, 0.1) is 18.3 Å². The molecule has 0 bridgehead atoms. The van der Waals surface area contributed by atoms with Gasteiger partial charge in [-0.3, -0.25) is 4.79 Å². The van der Waals surface area contributed by atoms with E-state index in [0.717, 1.165) is 36.1 Å². The Balaban J connectivity index is 1.75. The normalized spacial score (nSPS) is 13.9. The zero-order valence-corrected chi connectivity index (χ0v) is 14.5. The van der Waals surface area contributed by atoms with Crippen LogP contribution in [0.2, 0.25) is 0 Å². The standard InChI is InChI=1S/C18H18N4OS/c1-11-5-4-8-20-16(11)22-17(23)12(2)24-18-14(10-19)9-13-6-3-7-15(13)21-18/h4-5,8-9,12H,3,6-7H2,1-2H3,(H,20,22,23). The molecular formula is C18H18N4OS. The number of carbonyl (C=O) groups excluding carboxylic acids is 1. The number of thioether (sulfide) groups is 1. The van der Waals surface area contributed by atoms with Crippen LogP contribution >= 0.6 is 11.8 Å². The summed E-state index contributed by atoms with van der Waals surface area (Å²) < 4.78 is 0. The molecule has 1 N–H and O–H groups in total. The monoisotopic (exact) mass is 338 g/mol. The molecule has 2 heterocycles. The van der Waals surface area contributed by atoms with Crippen LogP contribution < -0.4 is 5.32 Å². The fourth-order valence-corrected chi connectivity index (χ4v) is 3.57. The van der Waals surface area contributed by atoms with Crippen molar-refractivity contribution in [2.45, 2.75) is 43.4 Å². The highest BCUT2D eigenvalue weighted by atomic mass is 32.2. The number of aromatic nitrogens is 2. The van der Waals surface area contributed by atoms with Crippen molar-refractivity contribution in [1.82, 2.24) is 9.97 Å². The number of nitrogens with zero attached hydrogens (tertiary/aromatic N) is 3. The van der Waals surface area contributed by atoms with Crippen LogP contribution in [0.1, 0.15) is 35.7 Å². The van der Waals surface area contributed by atoms with Gasteiger partial charge in [0.25, 0.3) is 0 Å². The van der Waals surface area contributed by atoms with E-state index in [9.17, 15) is 10.1 Å². The number of nitrogens with one attached hydrogen (secondary N) is 1. The summed E-state index contributed by atoms with van der Waals surface area (Å²) in [6.45, 7) is 3.71. The Morgan fingerprint density at radius 2 is 2.29 bits per heavy atom. The fraction of sp³-hybridized carbons (Fsp3) is 0.333. The van der Waals surface area contributed by atoms with Crippen molar-refractivity contribution in [3.63, 3.8) is 0 Å². The highest BCUT2D eigenvalue weighted by molar-refractivity contribution is 8.00. The molecule has 0 aliphatic heterocycles. The zero-order valence-electron chi connectivity index (χ0n) is 13.7. The second-order valence-electron chi connectivity index (χ2n) is 5.83. The van der Waals surface area contributed by atoms with Gasteiger partial charge in [-0.25, -0.2) is 9.97 Å². The van der Waals surface area contributed by atoms with Crippen LogP contribution in [-0.2, 0) is 17.6 Å². The Bertz CT molecular complexity index is 828. The van der Waals surface area contributed by atoms with Crippen molar-refractivity contribution < 1.29 is 4.79 Å². The summed E-state index contributed by atoms with van der Waals surface area (Å²) in [5, 5.41) is 12.5. The molecule has 0 spiro atoms. The van der Waals surface area contributed by atoms with E-state index in [-0.39, 0.29) is 11.2 Å². The summed E-state index contributed by atoms with van der Waals surface area (Å²) in [5.74, 6) is 0.422. The molecule has 1 unspecified atom stereocenters. The summed E-state index contributed by atoms with van der Waals surface area (Å²) in [4.78, 5) is 21.2. The molecule has 2 aromatic heterocycles. The topological polar surface area (TPSA) is 78.7 Å². The molecule has 1 aliphatic rings. The second-order valence-corrected chi connectivity index (χ2v) is 7.16. The van der Waals surface area contributed by atoms with Gasteiger partial charge in [-0.05, 0) is 56.4 Å². The maximum Gasteiger partial charge on any atom is 0.238 e. The third-order valence-corrected chi connectivity index (χ3v) is 5.15. The van der Waals surface area contributed by atoms with E-state index in [1.807, 2.05) is 32.0 Å². The molecule has 24 heavy (non-hydrogen) atoms. The summed E-state index contributed by atoms with van der Waals surface area (Å²) >= 11 is 1.32. The molecular weight excluding hydrogens is 320 g/mol. The maximum absolute atomic E-state index is 12.4. The smallest absolute Gasteiger partial charge is 0.238 e. The molecule has 2 aromatic rings.